The van der Waals surface area contributed by atoms with Crippen LogP contribution in [0.25, 0.3) is 12.2 Å². The summed E-state index contributed by atoms with van der Waals surface area (Å²) in [4.78, 5) is 18.1. The quantitative estimate of drug-likeness (QED) is 0.626. The third-order valence-electron chi connectivity index (χ3n) is 5.48. The highest BCUT2D eigenvalue weighted by molar-refractivity contribution is 5.77. The summed E-state index contributed by atoms with van der Waals surface area (Å²) in [7, 11) is 3.35. The lowest BCUT2D eigenvalue weighted by Crippen LogP contribution is -2.47. The van der Waals surface area contributed by atoms with E-state index in [1.807, 2.05) is 43.1 Å². The zero-order valence-electron chi connectivity index (χ0n) is 16.1. The van der Waals surface area contributed by atoms with Crippen molar-refractivity contribution >= 4 is 18.1 Å². The number of carbonyl (C=O) groups excluding carboxylic acids is 1. The molecule has 0 aliphatic carbocycles. The molecule has 0 saturated carbocycles. The van der Waals surface area contributed by atoms with Gasteiger partial charge in [-0.1, -0.05) is 18.1 Å². The van der Waals surface area contributed by atoms with Crippen LogP contribution in [-0.4, -0.2) is 42.8 Å². The number of H-pyrrole nitrogens is 1. The third-order valence-corrected chi connectivity index (χ3v) is 5.48. The van der Waals surface area contributed by atoms with Crippen LogP contribution in [0.4, 0.5) is 0 Å². The monoisotopic (exact) mass is 378 g/mol. The normalized spacial score (nSPS) is 22.1. The first-order valence-electron chi connectivity index (χ1n) is 9.11. The maximum atomic E-state index is 12.5. The highest BCUT2D eigenvalue weighted by Crippen LogP contribution is 2.40. The Morgan fingerprint density at radius 3 is 2.89 bits per heavy atom. The number of carbonyl (C=O) groups is 1. The molecule has 144 valence electrons. The number of likely N-dealkylation sites (N-methyl/N-ethyl adjacent to an activating group) is 1. The number of terminal acetylenes is 1. The van der Waals surface area contributed by atoms with Gasteiger partial charge in [0.1, 0.15) is 6.04 Å². The molecule has 2 atom stereocenters. The summed E-state index contributed by atoms with van der Waals surface area (Å²) in [6.07, 6.45) is 9.83. The zero-order valence-corrected chi connectivity index (χ0v) is 16.1. The van der Waals surface area contributed by atoms with Crippen molar-refractivity contribution in [1.82, 2.24) is 9.88 Å². The number of aromatic amines is 1. The second-order valence-corrected chi connectivity index (χ2v) is 6.87. The smallest absolute Gasteiger partial charge is 0.323 e. The van der Waals surface area contributed by atoms with Gasteiger partial charge in [0, 0.05) is 22.7 Å². The molecule has 6 heteroatoms. The van der Waals surface area contributed by atoms with E-state index in [2.05, 4.69) is 10.9 Å². The molecule has 6 nitrogen and oxygen atoms in total. The topological polar surface area (TPSA) is 63.8 Å². The molecule has 3 heterocycles. The molecule has 2 aliphatic heterocycles. The Kier molecular flexibility index (Phi) is 4.62. The molecule has 1 aromatic heterocycles. The SMILES string of the molecule is C#C/C=c1/c2c([nH]/c1=C/C)C(c1ccc3c(c1)OCO3)N(C)[C@@H](C(=O)OC)C2. The minimum Gasteiger partial charge on any atom is -0.468 e. The van der Waals surface area contributed by atoms with E-state index >= 15 is 0 Å². The molecule has 0 radical (unpaired) electrons. The lowest BCUT2D eigenvalue weighted by Gasteiger charge is -2.38. The van der Waals surface area contributed by atoms with E-state index in [1.54, 1.807) is 6.08 Å². The van der Waals surface area contributed by atoms with Gasteiger partial charge in [0.2, 0.25) is 6.79 Å². The molecule has 28 heavy (non-hydrogen) atoms. The van der Waals surface area contributed by atoms with Crippen LogP contribution in [0.15, 0.2) is 18.2 Å². The average Bonchev–Trinajstić information content (AvgIpc) is 3.31. The molecule has 1 N–H and O–H groups in total. The predicted molar refractivity (Wildman–Crippen MR) is 105 cm³/mol. The number of methoxy groups -OCH3 is 1. The van der Waals surface area contributed by atoms with E-state index in [1.165, 1.54) is 7.11 Å². The van der Waals surface area contributed by atoms with E-state index in [9.17, 15) is 4.79 Å². The Hall–Kier alpha value is -3.17. The van der Waals surface area contributed by atoms with Gasteiger partial charge in [-0.3, -0.25) is 9.69 Å². The molecule has 1 aromatic carbocycles. The van der Waals surface area contributed by atoms with E-state index in [-0.39, 0.29) is 18.8 Å². The van der Waals surface area contributed by atoms with Crippen LogP contribution in [0.2, 0.25) is 0 Å². The van der Waals surface area contributed by atoms with Gasteiger partial charge < -0.3 is 19.2 Å². The summed E-state index contributed by atoms with van der Waals surface area (Å²) < 4.78 is 16.1. The van der Waals surface area contributed by atoms with E-state index < -0.39 is 6.04 Å². The Morgan fingerprint density at radius 2 is 2.18 bits per heavy atom. The van der Waals surface area contributed by atoms with Crippen LogP contribution in [0.3, 0.4) is 0 Å². The van der Waals surface area contributed by atoms with Gasteiger partial charge in [-0.25, -0.2) is 0 Å². The number of rotatable bonds is 2. The Bertz CT molecular complexity index is 1090. The number of benzene rings is 1. The Labute approximate surface area is 163 Å². The number of nitrogens with zero attached hydrogens (tertiary/aromatic N) is 1. The van der Waals surface area contributed by atoms with Gasteiger partial charge in [0.15, 0.2) is 11.5 Å². The second-order valence-electron chi connectivity index (χ2n) is 6.87. The fourth-order valence-corrected chi connectivity index (χ4v) is 4.12. The number of hydrogen-bond donors (Lipinski definition) is 1. The third kappa shape index (κ3) is 2.76. The average molecular weight is 378 g/mol. The summed E-state index contributed by atoms with van der Waals surface area (Å²) in [5, 5.41) is 1.90. The fourth-order valence-electron chi connectivity index (χ4n) is 4.12. The minimum atomic E-state index is -0.418. The molecule has 0 spiro atoms. The highest BCUT2D eigenvalue weighted by Gasteiger charge is 2.39. The number of fused-ring (bicyclic) bond motifs is 2. The van der Waals surface area contributed by atoms with Crippen LogP contribution >= 0.6 is 0 Å². The molecule has 1 unspecified atom stereocenters. The predicted octanol–water partition coefficient (Wildman–Crippen LogP) is 1.08. The van der Waals surface area contributed by atoms with Gasteiger partial charge in [-0.15, -0.1) is 6.42 Å². The lowest BCUT2D eigenvalue weighted by molar-refractivity contribution is -0.147. The fraction of sp³-hybridized carbons (Fsp3) is 0.318. The van der Waals surface area contributed by atoms with Crippen molar-refractivity contribution < 1.29 is 19.0 Å². The van der Waals surface area contributed by atoms with E-state index in [0.29, 0.717) is 12.2 Å². The first-order valence-corrected chi connectivity index (χ1v) is 9.11. The standard InChI is InChI=1S/C22H22N2O4/c1-5-7-14-15-11-17(22(25)26-4)24(3)21(20(15)23-16(14)6-2)13-8-9-18-19(10-13)28-12-27-18/h1,6-10,17,21,23H,11-12H2,2-4H3/b14-7-,16-6+/t17-,21?/m1/s1. The van der Waals surface area contributed by atoms with Crippen molar-refractivity contribution in [2.75, 3.05) is 21.0 Å². The van der Waals surface area contributed by atoms with Gasteiger partial charge >= 0.3 is 5.97 Å². The van der Waals surface area contributed by atoms with Gasteiger partial charge in [0.25, 0.3) is 0 Å². The second kappa shape index (κ2) is 7.10. The first kappa shape index (κ1) is 18.2. The van der Waals surface area contributed by atoms with Crippen LogP contribution in [0, 0.1) is 12.3 Å². The minimum absolute atomic E-state index is 0.180. The molecule has 2 aromatic rings. The molecule has 0 saturated heterocycles. The van der Waals surface area contributed by atoms with Gasteiger partial charge in [-0.2, -0.15) is 0 Å². The number of hydrogen-bond acceptors (Lipinski definition) is 5. The van der Waals surface area contributed by atoms with Gasteiger partial charge in [-0.05, 0) is 43.3 Å². The maximum absolute atomic E-state index is 12.5. The van der Waals surface area contributed by atoms with Crippen molar-refractivity contribution in [3.05, 3.63) is 45.6 Å². The first-order chi connectivity index (χ1) is 13.6. The van der Waals surface area contributed by atoms with Crippen molar-refractivity contribution in [3.8, 4) is 23.8 Å². The van der Waals surface area contributed by atoms with E-state index in [4.69, 9.17) is 20.6 Å². The van der Waals surface area contributed by atoms with Crippen molar-refractivity contribution in [1.29, 1.82) is 0 Å². The molecule has 0 bridgehead atoms. The summed E-state index contributed by atoms with van der Waals surface area (Å²) >= 11 is 0. The lowest BCUT2D eigenvalue weighted by atomic mass is 9.89. The Morgan fingerprint density at radius 1 is 1.39 bits per heavy atom. The molecule has 0 amide bonds. The Balaban J connectivity index is 1.94. The zero-order chi connectivity index (χ0) is 19.8. The summed E-state index contributed by atoms with van der Waals surface area (Å²) in [6.45, 7) is 2.18. The van der Waals surface area contributed by atoms with Crippen LogP contribution < -0.4 is 20.0 Å². The van der Waals surface area contributed by atoms with Crippen molar-refractivity contribution in [2.24, 2.45) is 0 Å². The molecular weight excluding hydrogens is 356 g/mol. The van der Waals surface area contributed by atoms with Crippen LogP contribution in [-0.2, 0) is 16.0 Å². The molecular formula is C22H22N2O4. The van der Waals surface area contributed by atoms with Crippen LogP contribution in [0.5, 0.6) is 11.5 Å². The number of ether oxygens (including phenoxy) is 3. The highest BCUT2D eigenvalue weighted by atomic mass is 16.7. The summed E-state index contributed by atoms with van der Waals surface area (Å²) in [5.74, 6) is 3.78. The largest absolute Gasteiger partial charge is 0.468 e. The van der Waals surface area contributed by atoms with Crippen molar-refractivity contribution in [2.45, 2.75) is 25.4 Å². The number of esters is 1. The summed E-state index contributed by atoms with van der Waals surface area (Å²) in [6, 6.07) is 5.27. The molecule has 0 fully saturated rings. The number of aromatic nitrogens is 1. The summed E-state index contributed by atoms with van der Waals surface area (Å²) in [5.41, 5.74) is 3.07. The maximum Gasteiger partial charge on any atom is 0.323 e. The van der Waals surface area contributed by atoms with Crippen molar-refractivity contribution in [3.63, 3.8) is 0 Å². The van der Waals surface area contributed by atoms with Crippen LogP contribution in [0.1, 0.15) is 29.8 Å². The molecule has 2 aliphatic rings. The van der Waals surface area contributed by atoms with Gasteiger partial charge in [0.05, 0.1) is 13.2 Å². The molecule has 4 rings (SSSR count). The van der Waals surface area contributed by atoms with E-state index in [0.717, 1.165) is 33.1 Å². The number of nitrogens with one attached hydrogen (secondary N) is 1.